The summed E-state index contributed by atoms with van der Waals surface area (Å²) in [6, 6.07) is 3.51. The van der Waals surface area contributed by atoms with Crippen molar-refractivity contribution in [3.05, 3.63) is 34.1 Å². The van der Waals surface area contributed by atoms with Gasteiger partial charge in [0.25, 0.3) is 0 Å². The van der Waals surface area contributed by atoms with Crippen molar-refractivity contribution in [1.29, 1.82) is 0 Å². The average molecular weight is 347 g/mol. The van der Waals surface area contributed by atoms with Gasteiger partial charge in [0.2, 0.25) is 5.78 Å². The lowest BCUT2D eigenvalue weighted by atomic mass is 10.2. The van der Waals surface area contributed by atoms with Crippen LogP contribution in [-0.4, -0.2) is 14.0 Å². The summed E-state index contributed by atoms with van der Waals surface area (Å²) in [7, 11) is 1.78. The van der Waals surface area contributed by atoms with Crippen LogP contribution in [0.3, 0.4) is 0 Å². The Morgan fingerprint density at radius 2 is 2.05 bits per heavy atom. The molecule has 3 rings (SSSR count). The van der Waals surface area contributed by atoms with E-state index in [1.165, 1.54) is 6.07 Å². The molecule has 0 aliphatic heterocycles. The first kappa shape index (κ1) is 13.4. The second kappa shape index (κ2) is 4.23. The summed E-state index contributed by atoms with van der Waals surface area (Å²) >= 11 is 3.38. The van der Waals surface area contributed by atoms with E-state index in [0.29, 0.717) is 21.4 Å². The van der Waals surface area contributed by atoms with Gasteiger partial charge < -0.3 is 10.3 Å². The third-order valence-electron chi connectivity index (χ3n) is 3.30. The fourth-order valence-electron chi connectivity index (χ4n) is 2.27. The fraction of sp³-hybridized carbons (Fsp3) is 0.250. The summed E-state index contributed by atoms with van der Waals surface area (Å²) in [6.45, 7) is 0.265. The number of aromatic nitrogens is 3. The van der Waals surface area contributed by atoms with Crippen LogP contribution in [0.4, 0.5) is 13.2 Å². The highest BCUT2D eigenvalue weighted by Gasteiger charge is 2.31. The molecule has 20 heavy (non-hydrogen) atoms. The molecule has 2 heterocycles. The van der Waals surface area contributed by atoms with Gasteiger partial charge in [-0.3, -0.25) is 4.40 Å². The van der Waals surface area contributed by atoms with Gasteiger partial charge in [-0.25, -0.2) is 4.98 Å². The first-order valence-corrected chi connectivity index (χ1v) is 6.56. The Balaban J connectivity index is 2.41. The Labute approximate surface area is 120 Å². The zero-order valence-corrected chi connectivity index (χ0v) is 12.0. The van der Waals surface area contributed by atoms with Crippen molar-refractivity contribution < 1.29 is 13.2 Å². The number of halogens is 4. The zero-order chi connectivity index (χ0) is 14.7. The van der Waals surface area contributed by atoms with Gasteiger partial charge in [-0.05, 0) is 34.1 Å². The van der Waals surface area contributed by atoms with Gasteiger partial charge in [0.1, 0.15) is 4.60 Å². The molecule has 0 radical (unpaired) electrons. The van der Waals surface area contributed by atoms with Gasteiger partial charge in [0.05, 0.1) is 22.3 Å². The van der Waals surface area contributed by atoms with Crippen LogP contribution < -0.4 is 5.73 Å². The molecule has 0 saturated carbocycles. The molecule has 4 nitrogen and oxygen atoms in total. The Morgan fingerprint density at radius 3 is 2.65 bits per heavy atom. The first-order valence-electron chi connectivity index (χ1n) is 5.77. The lowest BCUT2D eigenvalue weighted by Crippen LogP contribution is -2.05. The van der Waals surface area contributed by atoms with Gasteiger partial charge in [-0.1, -0.05) is 0 Å². The molecule has 0 saturated heterocycles. The summed E-state index contributed by atoms with van der Waals surface area (Å²) in [5, 5.41) is 0. The molecule has 0 atom stereocenters. The van der Waals surface area contributed by atoms with E-state index in [4.69, 9.17) is 5.73 Å². The Kier molecular flexibility index (Phi) is 2.84. The maximum absolute atomic E-state index is 12.8. The van der Waals surface area contributed by atoms with E-state index in [0.717, 1.165) is 17.8 Å². The van der Waals surface area contributed by atoms with Crippen LogP contribution in [0.15, 0.2) is 22.8 Å². The van der Waals surface area contributed by atoms with Gasteiger partial charge in [0, 0.05) is 13.6 Å². The minimum absolute atomic E-state index is 0.265. The molecule has 0 aliphatic rings. The highest BCUT2D eigenvalue weighted by Crippen LogP contribution is 2.33. The predicted molar refractivity (Wildman–Crippen MR) is 72.3 cm³/mol. The number of nitrogens with zero attached hydrogens (tertiary/aromatic N) is 3. The van der Waals surface area contributed by atoms with Crippen molar-refractivity contribution in [2.45, 2.75) is 12.7 Å². The lowest BCUT2D eigenvalue weighted by molar-refractivity contribution is -0.137. The van der Waals surface area contributed by atoms with E-state index in [1.54, 1.807) is 16.0 Å². The summed E-state index contributed by atoms with van der Waals surface area (Å²) in [5.41, 5.74) is 6.63. The third-order valence-corrected chi connectivity index (χ3v) is 4.11. The number of hydrogen-bond donors (Lipinski definition) is 1. The number of rotatable bonds is 1. The maximum atomic E-state index is 12.8. The summed E-state index contributed by atoms with van der Waals surface area (Å²) in [4.78, 5) is 4.34. The highest BCUT2D eigenvalue weighted by molar-refractivity contribution is 9.10. The number of imidazole rings is 2. The van der Waals surface area contributed by atoms with Crippen molar-refractivity contribution >= 4 is 32.7 Å². The second-order valence-electron chi connectivity index (χ2n) is 4.45. The third kappa shape index (κ3) is 1.75. The van der Waals surface area contributed by atoms with Crippen molar-refractivity contribution in [3.63, 3.8) is 0 Å². The molecule has 1 aromatic carbocycles. The average Bonchev–Trinajstić information content (AvgIpc) is 2.85. The summed E-state index contributed by atoms with van der Waals surface area (Å²) in [5.74, 6) is 0.548. The normalized spacial score (nSPS) is 12.7. The number of benzene rings is 1. The molecule has 2 aromatic heterocycles. The SMILES string of the molecule is Cn1c(CN)c(Br)n2c3cc(C(F)(F)F)ccc3nc12. The summed E-state index contributed by atoms with van der Waals surface area (Å²) in [6.07, 6.45) is -4.38. The first-order chi connectivity index (χ1) is 9.34. The molecular formula is C12H10BrF3N4. The van der Waals surface area contributed by atoms with Crippen molar-refractivity contribution in [3.8, 4) is 0 Å². The molecule has 0 aliphatic carbocycles. The van der Waals surface area contributed by atoms with E-state index in [1.807, 2.05) is 0 Å². The van der Waals surface area contributed by atoms with E-state index in [9.17, 15) is 13.2 Å². The van der Waals surface area contributed by atoms with Gasteiger partial charge in [-0.15, -0.1) is 0 Å². The molecule has 0 bridgehead atoms. The van der Waals surface area contributed by atoms with Gasteiger partial charge in [-0.2, -0.15) is 13.2 Å². The largest absolute Gasteiger partial charge is 0.416 e. The number of aryl methyl sites for hydroxylation is 1. The number of fused-ring (bicyclic) bond motifs is 3. The van der Waals surface area contributed by atoms with E-state index in [2.05, 4.69) is 20.9 Å². The molecule has 2 N–H and O–H groups in total. The summed E-state index contributed by atoms with van der Waals surface area (Å²) < 4.78 is 42.4. The van der Waals surface area contributed by atoms with E-state index < -0.39 is 11.7 Å². The molecule has 106 valence electrons. The van der Waals surface area contributed by atoms with Crippen molar-refractivity contribution in [2.24, 2.45) is 12.8 Å². The molecular weight excluding hydrogens is 337 g/mol. The van der Waals surface area contributed by atoms with Crippen LogP contribution >= 0.6 is 15.9 Å². The standard InChI is InChI=1S/C12H10BrF3N4/c1-19-9(5-17)10(13)20-8-4-6(12(14,15)16)2-3-7(8)18-11(19)20/h2-4H,5,17H2,1H3. The molecule has 8 heteroatoms. The Bertz CT molecular complexity index is 816. The van der Waals surface area contributed by atoms with Crippen LogP contribution in [0.5, 0.6) is 0 Å². The lowest BCUT2D eigenvalue weighted by Gasteiger charge is -2.06. The van der Waals surface area contributed by atoms with Gasteiger partial charge >= 0.3 is 6.18 Å². The molecule has 0 spiro atoms. The topological polar surface area (TPSA) is 48.2 Å². The maximum Gasteiger partial charge on any atom is 0.416 e. The van der Waals surface area contributed by atoms with Crippen LogP contribution in [0.1, 0.15) is 11.3 Å². The van der Waals surface area contributed by atoms with E-state index in [-0.39, 0.29) is 6.54 Å². The minimum atomic E-state index is -4.38. The van der Waals surface area contributed by atoms with E-state index >= 15 is 0 Å². The van der Waals surface area contributed by atoms with Crippen molar-refractivity contribution in [2.75, 3.05) is 0 Å². The number of hydrogen-bond acceptors (Lipinski definition) is 2. The predicted octanol–water partition coefficient (Wildman–Crippen LogP) is 3.07. The minimum Gasteiger partial charge on any atom is -0.325 e. The monoisotopic (exact) mass is 346 g/mol. The smallest absolute Gasteiger partial charge is 0.325 e. The zero-order valence-electron chi connectivity index (χ0n) is 10.4. The highest BCUT2D eigenvalue weighted by atomic mass is 79.9. The van der Waals surface area contributed by atoms with Crippen LogP contribution in [0.2, 0.25) is 0 Å². The second-order valence-corrected chi connectivity index (χ2v) is 5.20. The molecule has 0 amide bonds. The molecule has 0 unspecified atom stereocenters. The molecule has 3 aromatic rings. The molecule has 0 fully saturated rings. The quantitative estimate of drug-likeness (QED) is 0.736. The van der Waals surface area contributed by atoms with Crippen LogP contribution in [0.25, 0.3) is 16.8 Å². The number of alkyl halides is 3. The van der Waals surface area contributed by atoms with Gasteiger partial charge in [0.15, 0.2) is 0 Å². The van der Waals surface area contributed by atoms with Crippen LogP contribution in [-0.2, 0) is 19.8 Å². The Hall–Kier alpha value is -1.54. The fourth-order valence-corrected chi connectivity index (χ4v) is 3.04. The van der Waals surface area contributed by atoms with Crippen molar-refractivity contribution in [1.82, 2.24) is 14.0 Å². The Morgan fingerprint density at radius 1 is 1.35 bits per heavy atom. The number of nitrogens with two attached hydrogens (primary N) is 1. The van der Waals surface area contributed by atoms with Crippen LogP contribution in [0, 0.1) is 0 Å².